The molecule has 2 saturated carbocycles. The fraction of sp³-hybridized carbons (Fsp3) is 0.558. The highest BCUT2D eigenvalue weighted by Crippen LogP contribution is 2.71. The van der Waals surface area contributed by atoms with Crippen LogP contribution in [0.2, 0.25) is 0 Å². The average molecular weight is 976 g/mol. The summed E-state index contributed by atoms with van der Waals surface area (Å²) in [5, 5.41) is 26.3. The molecule has 0 unspecified atom stereocenters. The van der Waals surface area contributed by atoms with Gasteiger partial charge in [-0.2, -0.15) is 10.2 Å². The normalized spacial score (nSPS) is 25.0. The summed E-state index contributed by atoms with van der Waals surface area (Å²) in [6.07, 6.45) is 11.3. The Bertz CT molecular complexity index is 2870. The highest BCUT2D eigenvalue weighted by Gasteiger charge is 2.62. The van der Waals surface area contributed by atoms with Gasteiger partial charge in [-0.25, -0.2) is 13.1 Å². The Hall–Kier alpha value is -5.74. The summed E-state index contributed by atoms with van der Waals surface area (Å²) in [6.45, 7) is 15.6. The molecule has 2 saturated heterocycles. The number of fused-ring (bicyclic) bond motifs is 4. The number of allylic oxidation sites excluding steroid dienone is 1. The first-order chi connectivity index (χ1) is 33.5. The number of amides is 1. The summed E-state index contributed by atoms with van der Waals surface area (Å²) in [7, 11) is -4.60. The van der Waals surface area contributed by atoms with Crippen LogP contribution in [0.25, 0.3) is 11.0 Å². The number of nitrogens with zero attached hydrogens (tertiary/aromatic N) is 6. The number of pyridine rings is 1. The number of hydrogen-bond acceptors (Lipinski definition) is 14. The van der Waals surface area contributed by atoms with Crippen LogP contribution in [0.15, 0.2) is 70.8 Å². The number of rotatable bonds is 13. The third-order valence-corrected chi connectivity index (χ3v) is 17.9. The second kappa shape index (κ2) is 18.5. The monoisotopic (exact) mass is 975 g/mol. The summed E-state index contributed by atoms with van der Waals surface area (Å²) < 4.78 is 47.4. The van der Waals surface area contributed by atoms with Crippen LogP contribution in [-0.4, -0.2) is 112 Å². The van der Waals surface area contributed by atoms with Crippen LogP contribution >= 0.6 is 0 Å². The first-order valence-corrected chi connectivity index (χ1v) is 26.4. The molecule has 5 heterocycles. The topological polar surface area (TPSA) is 208 Å². The molecule has 2 aromatic carbocycles. The largest absolute Gasteiger partial charge is 0.476 e. The number of carbonyl (C=O) groups is 1. The molecule has 70 heavy (non-hydrogen) atoms. The number of sulfonamides is 1. The van der Waals surface area contributed by atoms with Gasteiger partial charge in [-0.3, -0.25) is 19.8 Å². The fourth-order valence-corrected chi connectivity index (χ4v) is 13.3. The molecule has 18 heteroatoms. The second-order valence-corrected chi connectivity index (χ2v) is 23.4. The molecule has 4 fully saturated rings. The number of benzene rings is 2. The SMILES string of the molecule is CC1(C)CCC(CN2CCN(c3ccc(C(=O)NS(=O)(=O)c4ccc(NC[C@H]5COCCO5)c([N+](=O)[O-])c4)c(N4CCCOc5nc6[nH]ccc6cc54)c3)CC2)=C(C23CCC(C(C)(C)C#N)(CC2)C3)C1. The van der Waals surface area contributed by atoms with E-state index in [2.05, 4.69) is 58.6 Å². The van der Waals surface area contributed by atoms with Gasteiger partial charge in [0.15, 0.2) is 0 Å². The number of nitrogens with one attached hydrogen (secondary N) is 3. The summed E-state index contributed by atoms with van der Waals surface area (Å²) in [5.74, 6) is -0.492. The van der Waals surface area contributed by atoms with E-state index in [1.807, 2.05) is 29.2 Å². The zero-order valence-corrected chi connectivity index (χ0v) is 41.6. The van der Waals surface area contributed by atoms with Gasteiger partial charge < -0.3 is 34.3 Å². The molecule has 17 nitrogen and oxygen atoms in total. The van der Waals surface area contributed by atoms with Crippen molar-refractivity contribution in [1.82, 2.24) is 19.6 Å². The quantitative estimate of drug-likeness (QED) is 0.0653. The predicted molar refractivity (Wildman–Crippen MR) is 267 cm³/mol. The number of ether oxygens (including phenoxy) is 3. The van der Waals surface area contributed by atoms with E-state index >= 15 is 0 Å². The average Bonchev–Trinajstić information content (AvgIpc) is 4.06. The van der Waals surface area contributed by atoms with Gasteiger partial charge in [0.25, 0.3) is 21.6 Å². The van der Waals surface area contributed by atoms with Crippen molar-refractivity contribution in [3.8, 4) is 11.9 Å². The van der Waals surface area contributed by atoms with Crippen LogP contribution in [0, 0.1) is 43.1 Å². The van der Waals surface area contributed by atoms with Crippen molar-refractivity contribution in [2.24, 2.45) is 21.7 Å². The molecule has 4 aromatic rings. The number of carbonyl (C=O) groups excluding carboxylic acids is 1. The molecule has 3 N–H and O–H groups in total. The lowest BCUT2D eigenvalue weighted by Gasteiger charge is -2.43. The maximum Gasteiger partial charge on any atom is 0.293 e. The highest BCUT2D eigenvalue weighted by atomic mass is 32.2. The predicted octanol–water partition coefficient (Wildman–Crippen LogP) is 8.47. The van der Waals surface area contributed by atoms with E-state index < -0.39 is 31.4 Å². The minimum Gasteiger partial charge on any atom is -0.476 e. The first-order valence-electron chi connectivity index (χ1n) is 24.9. The van der Waals surface area contributed by atoms with Gasteiger partial charge in [0.05, 0.1) is 65.1 Å². The molecule has 0 spiro atoms. The lowest BCUT2D eigenvalue weighted by Crippen LogP contribution is -2.47. The molecule has 1 atom stereocenters. The van der Waals surface area contributed by atoms with E-state index in [4.69, 9.17) is 19.2 Å². The van der Waals surface area contributed by atoms with Crippen molar-refractivity contribution in [1.29, 1.82) is 5.26 Å². The lowest BCUT2D eigenvalue weighted by molar-refractivity contribution is -0.384. The van der Waals surface area contributed by atoms with Gasteiger partial charge in [0.2, 0.25) is 5.88 Å². The number of H-pyrrole nitrogens is 1. The van der Waals surface area contributed by atoms with Crippen LogP contribution in [0.3, 0.4) is 0 Å². The molecule has 6 aliphatic rings. The minimum absolute atomic E-state index is 0.0954. The van der Waals surface area contributed by atoms with Gasteiger partial charge >= 0.3 is 0 Å². The molecule has 0 radical (unpaired) electrons. The Morgan fingerprint density at radius 1 is 1.00 bits per heavy atom. The molecule has 372 valence electrons. The van der Waals surface area contributed by atoms with E-state index in [1.165, 1.54) is 31.4 Å². The van der Waals surface area contributed by atoms with Gasteiger partial charge in [0.1, 0.15) is 17.0 Å². The number of anilines is 4. The van der Waals surface area contributed by atoms with Gasteiger partial charge in [-0.15, -0.1) is 0 Å². The van der Waals surface area contributed by atoms with E-state index in [0.717, 1.165) is 82.0 Å². The van der Waals surface area contributed by atoms with Gasteiger partial charge in [0, 0.05) is 69.2 Å². The number of nitro benzene ring substituents is 1. The summed E-state index contributed by atoms with van der Waals surface area (Å²) >= 11 is 0. The van der Waals surface area contributed by atoms with Crippen molar-refractivity contribution >= 4 is 55.4 Å². The molecule has 3 aliphatic heterocycles. The minimum atomic E-state index is -4.60. The Balaban J connectivity index is 0.912. The summed E-state index contributed by atoms with van der Waals surface area (Å²) in [6, 6.07) is 15.6. The van der Waals surface area contributed by atoms with E-state index in [0.29, 0.717) is 62.3 Å². The Morgan fingerprint density at radius 2 is 1.80 bits per heavy atom. The van der Waals surface area contributed by atoms with Crippen LogP contribution in [0.1, 0.15) is 95.8 Å². The zero-order chi connectivity index (χ0) is 49.1. The summed E-state index contributed by atoms with van der Waals surface area (Å²) in [4.78, 5) is 40.4. The van der Waals surface area contributed by atoms with Crippen molar-refractivity contribution in [3.05, 3.63) is 81.6 Å². The summed E-state index contributed by atoms with van der Waals surface area (Å²) in [5.41, 5.74) is 5.96. The van der Waals surface area contributed by atoms with Crippen LogP contribution in [0.5, 0.6) is 5.88 Å². The number of hydrogen-bond donors (Lipinski definition) is 3. The highest BCUT2D eigenvalue weighted by molar-refractivity contribution is 7.90. The Kier molecular flexibility index (Phi) is 12.6. The molecule has 3 aliphatic carbocycles. The number of nitro groups is 1. The third-order valence-electron chi connectivity index (χ3n) is 16.6. The lowest BCUT2D eigenvalue weighted by atomic mass is 9.64. The second-order valence-electron chi connectivity index (χ2n) is 21.8. The molecule has 1 amide bonds. The standard InChI is InChI=1S/C52H65N9O8S/c1-49(2)12-10-36(41(29-49)51-13-15-52(33-51,16-14-51)50(3,4)34-53)31-58-19-21-59(22-20-58)37-6-8-40(43(27-37)60-18-5-23-69-48-45(60)26-35-11-17-54-46(35)56-48)47(62)57-70(65,66)39-7-9-42(44(28-39)61(63)64)55-30-38-32-67-24-25-68-38/h6-9,11,17,26-28,38,55H,5,10,12-16,18-25,29-33H2,1-4H3,(H,54,56)(H,57,62)/t38-,51?,52?/m0/s1. The maximum atomic E-state index is 14.5. The molecular weight excluding hydrogens is 911 g/mol. The third kappa shape index (κ3) is 9.10. The molecule has 10 rings (SSSR count). The van der Waals surface area contributed by atoms with Crippen LogP contribution in [-0.2, 0) is 19.5 Å². The van der Waals surface area contributed by atoms with Crippen molar-refractivity contribution in [2.45, 2.75) is 96.5 Å². The zero-order valence-electron chi connectivity index (χ0n) is 40.8. The maximum absolute atomic E-state index is 14.5. The van der Waals surface area contributed by atoms with Gasteiger partial charge in [-0.05, 0) is 130 Å². The smallest absolute Gasteiger partial charge is 0.293 e. The Labute approximate surface area is 410 Å². The number of piperazine rings is 1. The van der Waals surface area contributed by atoms with Crippen molar-refractivity contribution in [2.75, 3.05) is 87.4 Å². The fourth-order valence-electron chi connectivity index (χ4n) is 12.3. The van der Waals surface area contributed by atoms with E-state index in [-0.39, 0.29) is 45.6 Å². The number of nitriles is 1. The Morgan fingerprint density at radius 3 is 2.54 bits per heavy atom. The van der Waals surface area contributed by atoms with Crippen LogP contribution in [0.4, 0.5) is 28.4 Å². The van der Waals surface area contributed by atoms with E-state index in [9.17, 15) is 28.6 Å². The van der Waals surface area contributed by atoms with Gasteiger partial charge in [-0.1, -0.05) is 25.0 Å². The molecule has 2 aromatic heterocycles. The van der Waals surface area contributed by atoms with E-state index in [1.54, 1.807) is 23.4 Å². The van der Waals surface area contributed by atoms with Crippen LogP contribution < -0.4 is 24.6 Å². The van der Waals surface area contributed by atoms with Crippen molar-refractivity contribution in [3.63, 3.8) is 0 Å². The number of aromatic amines is 1. The number of aromatic nitrogens is 2. The molecule has 2 bridgehead atoms. The molecular formula is C52H65N9O8S. The van der Waals surface area contributed by atoms with Crippen molar-refractivity contribution < 1.29 is 32.3 Å². The first kappa shape index (κ1) is 47.9.